The maximum atomic E-state index is 5.42. The summed E-state index contributed by atoms with van der Waals surface area (Å²) >= 11 is 0. The summed E-state index contributed by atoms with van der Waals surface area (Å²) in [6.45, 7) is 3.63. The first-order valence-electron chi connectivity index (χ1n) is 5.84. The van der Waals surface area contributed by atoms with Crippen molar-refractivity contribution in [3.05, 3.63) is 36.2 Å². The maximum absolute atomic E-state index is 5.42. The predicted molar refractivity (Wildman–Crippen MR) is 66.3 cm³/mol. The quantitative estimate of drug-likeness (QED) is 0.752. The van der Waals surface area contributed by atoms with Crippen LogP contribution in [-0.2, 0) is 6.54 Å². The maximum Gasteiger partial charge on any atom is 0.324 e. The molecule has 1 aromatic carbocycles. The van der Waals surface area contributed by atoms with Crippen molar-refractivity contribution in [2.24, 2.45) is 0 Å². The molecule has 0 amide bonds. The Bertz CT molecular complexity index is 657. The number of hydrogen-bond acceptors (Lipinski definition) is 5. The second-order valence-electron chi connectivity index (χ2n) is 3.89. The van der Waals surface area contributed by atoms with E-state index in [9.17, 15) is 0 Å². The number of benzene rings is 1. The molecule has 0 saturated heterocycles. The van der Waals surface area contributed by atoms with E-state index in [-0.39, 0.29) is 0 Å². The largest absolute Gasteiger partial charge is 0.430 e. The molecule has 0 aliphatic rings. The lowest BCUT2D eigenvalue weighted by Gasteiger charge is -1.95. The molecule has 2 aromatic heterocycles. The summed E-state index contributed by atoms with van der Waals surface area (Å²) in [7, 11) is 0. The van der Waals surface area contributed by atoms with Gasteiger partial charge in [0.15, 0.2) is 0 Å². The normalized spacial score (nSPS) is 11.2. The lowest BCUT2D eigenvalue weighted by Crippen LogP contribution is -2.12. The third-order valence-electron chi connectivity index (χ3n) is 2.63. The number of para-hydroxylation sites is 1. The summed E-state index contributed by atoms with van der Waals surface area (Å²) in [5, 5.41) is 11.3. The molecule has 92 valence electrons. The second kappa shape index (κ2) is 4.58. The van der Waals surface area contributed by atoms with Crippen molar-refractivity contribution in [3.63, 3.8) is 0 Å². The van der Waals surface area contributed by atoms with Crippen LogP contribution in [0.15, 0.2) is 34.9 Å². The van der Waals surface area contributed by atoms with Crippen LogP contribution >= 0.6 is 0 Å². The Morgan fingerprint density at radius 2 is 2.22 bits per heavy atom. The lowest BCUT2D eigenvalue weighted by atomic mass is 10.3. The third-order valence-corrected chi connectivity index (χ3v) is 2.63. The fraction of sp³-hybridized carbons (Fsp3) is 0.250. The van der Waals surface area contributed by atoms with E-state index in [0.717, 1.165) is 23.3 Å². The van der Waals surface area contributed by atoms with Crippen molar-refractivity contribution in [2.45, 2.75) is 13.5 Å². The zero-order valence-corrected chi connectivity index (χ0v) is 10.00. The van der Waals surface area contributed by atoms with Gasteiger partial charge in [0.05, 0.1) is 11.2 Å². The molecule has 0 aliphatic heterocycles. The van der Waals surface area contributed by atoms with Crippen molar-refractivity contribution >= 4 is 11.0 Å². The molecule has 0 bridgehead atoms. The van der Waals surface area contributed by atoms with Gasteiger partial charge in [-0.2, -0.15) is 9.67 Å². The summed E-state index contributed by atoms with van der Waals surface area (Å²) in [6, 6.07) is 8.14. The molecule has 0 unspecified atom stereocenters. The molecule has 6 heteroatoms. The van der Waals surface area contributed by atoms with Crippen LogP contribution in [0.2, 0.25) is 0 Å². The average molecular weight is 243 g/mol. The van der Waals surface area contributed by atoms with Gasteiger partial charge in [0.1, 0.15) is 11.8 Å². The topological polar surface area (TPSA) is 68.8 Å². The van der Waals surface area contributed by atoms with Crippen molar-refractivity contribution in [1.82, 2.24) is 25.3 Å². The zero-order valence-electron chi connectivity index (χ0n) is 10.00. The Morgan fingerprint density at radius 3 is 3.11 bits per heavy atom. The van der Waals surface area contributed by atoms with E-state index in [4.69, 9.17) is 4.42 Å². The van der Waals surface area contributed by atoms with Crippen molar-refractivity contribution < 1.29 is 4.42 Å². The molecule has 0 aliphatic carbocycles. The molecule has 0 atom stereocenters. The minimum atomic E-state index is 0.441. The minimum absolute atomic E-state index is 0.441. The fourth-order valence-electron chi connectivity index (χ4n) is 1.74. The summed E-state index contributed by atoms with van der Waals surface area (Å²) < 4.78 is 7.03. The molecule has 0 radical (unpaired) electrons. The first-order chi connectivity index (χ1) is 8.88. The van der Waals surface area contributed by atoms with Crippen molar-refractivity contribution in [2.75, 3.05) is 6.54 Å². The second-order valence-corrected chi connectivity index (χ2v) is 3.89. The highest BCUT2D eigenvalue weighted by atomic mass is 16.4. The summed E-state index contributed by atoms with van der Waals surface area (Å²) in [5.41, 5.74) is 2.56. The van der Waals surface area contributed by atoms with E-state index in [1.807, 2.05) is 31.2 Å². The van der Waals surface area contributed by atoms with E-state index in [1.54, 1.807) is 10.9 Å². The molecule has 3 rings (SSSR count). The third kappa shape index (κ3) is 1.86. The van der Waals surface area contributed by atoms with Gasteiger partial charge in [-0.15, -0.1) is 5.10 Å². The standard InChI is InChI=1S/C12H13N5O/c1-2-13-7-9-8-18-12(14-9)17-11-6-4-3-5-10(11)15-16-17/h3-6,8,13H,2,7H2,1H3. The van der Waals surface area contributed by atoms with Gasteiger partial charge in [0, 0.05) is 6.54 Å². The highest BCUT2D eigenvalue weighted by molar-refractivity contribution is 5.75. The molecule has 0 fully saturated rings. The molecular formula is C12H13N5O. The first-order valence-corrected chi connectivity index (χ1v) is 5.84. The van der Waals surface area contributed by atoms with E-state index < -0.39 is 0 Å². The molecule has 3 aromatic rings. The Labute approximate surface area is 104 Å². The molecule has 2 heterocycles. The SMILES string of the molecule is CCNCc1coc(-n2nnc3ccccc32)n1. The number of hydrogen-bond donors (Lipinski definition) is 1. The van der Waals surface area contributed by atoms with E-state index in [2.05, 4.69) is 20.6 Å². The van der Waals surface area contributed by atoms with Gasteiger partial charge in [-0.25, -0.2) is 0 Å². The molecule has 1 N–H and O–H groups in total. The summed E-state index contributed by atoms with van der Waals surface area (Å²) in [4.78, 5) is 4.37. The fourth-order valence-corrected chi connectivity index (χ4v) is 1.74. The minimum Gasteiger partial charge on any atom is -0.430 e. The number of aromatic nitrogens is 4. The monoisotopic (exact) mass is 243 g/mol. The van der Waals surface area contributed by atoms with Gasteiger partial charge in [0.2, 0.25) is 0 Å². The van der Waals surface area contributed by atoms with E-state index >= 15 is 0 Å². The van der Waals surface area contributed by atoms with Gasteiger partial charge >= 0.3 is 6.01 Å². The van der Waals surface area contributed by atoms with Gasteiger partial charge in [0.25, 0.3) is 0 Å². The Hall–Kier alpha value is -2.21. The smallest absolute Gasteiger partial charge is 0.324 e. The van der Waals surface area contributed by atoms with Crippen LogP contribution in [0.5, 0.6) is 0 Å². The van der Waals surface area contributed by atoms with Gasteiger partial charge in [-0.1, -0.05) is 24.3 Å². The molecule has 18 heavy (non-hydrogen) atoms. The average Bonchev–Trinajstić information content (AvgIpc) is 3.02. The van der Waals surface area contributed by atoms with Crippen LogP contribution in [0.3, 0.4) is 0 Å². The molecular weight excluding hydrogens is 230 g/mol. The van der Waals surface area contributed by atoms with Gasteiger partial charge in [-0.05, 0) is 18.7 Å². The van der Waals surface area contributed by atoms with Crippen LogP contribution in [0.4, 0.5) is 0 Å². The number of oxazole rings is 1. The van der Waals surface area contributed by atoms with E-state index in [0.29, 0.717) is 12.6 Å². The number of rotatable bonds is 4. The summed E-state index contributed by atoms with van der Waals surface area (Å²) in [5.74, 6) is 0. The van der Waals surface area contributed by atoms with Gasteiger partial charge < -0.3 is 9.73 Å². The van der Waals surface area contributed by atoms with Crippen molar-refractivity contribution in [3.8, 4) is 6.01 Å². The number of fused-ring (bicyclic) bond motifs is 1. The van der Waals surface area contributed by atoms with Crippen LogP contribution in [-0.4, -0.2) is 26.5 Å². The van der Waals surface area contributed by atoms with Crippen LogP contribution in [0.25, 0.3) is 17.0 Å². The highest BCUT2D eigenvalue weighted by Gasteiger charge is 2.11. The number of nitrogens with one attached hydrogen (secondary N) is 1. The van der Waals surface area contributed by atoms with Crippen LogP contribution < -0.4 is 5.32 Å². The Morgan fingerprint density at radius 1 is 1.33 bits per heavy atom. The Balaban J connectivity index is 1.96. The summed E-state index contributed by atoms with van der Waals surface area (Å²) in [6.07, 6.45) is 1.63. The molecule has 0 spiro atoms. The van der Waals surface area contributed by atoms with Crippen LogP contribution in [0, 0.1) is 0 Å². The van der Waals surface area contributed by atoms with Crippen molar-refractivity contribution in [1.29, 1.82) is 0 Å². The zero-order chi connectivity index (χ0) is 12.4. The highest BCUT2D eigenvalue weighted by Crippen LogP contribution is 2.15. The molecule has 6 nitrogen and oxygen atoms in total. The van der Waals surface area contributed by atoms with E-state index in [1.165, 1.54) is 0 Å². The molecule has 0 saturated carbocycles. The number of nitrogens with zero attached hydrogens (tertiary/aromatic N) is 4. The predicted octanol–water partition coefficient (Wildman–Crippen LogP) is 1.52. The van der Waals surface area contributed by atoms with Crippen LogP contribution in [0.1, 0.15) is 12.6 Å². The first kappa shape index (κ1) is 10.9. The lowest BCUT2D eigenvalue weighted by molar-refractivity contribution is 0.508. The van der Waals surface area contributed by atoms with Gasteiger partial charge in [-0.3, -0.25) is 0 Å². The Kier molecular flexibility index (Phi) is 2.77.